The fraction of sp³-hybridized carbons (Fsp3) is 0.531. The fourth-order valence-corrected chi connectivity index (χ4v) is 5.32. The largest absolute Gasteiger partial charge is 0.493 e. The van der Waals surface area contributed by atoms with Gasteiger partial charge in [-0.25, -0.2) is 4.79 Å². The number of ether oxygens (including phenoxy) is 3. The van der Waals surface area contributed by atoms with Crippen molar-refractivity contribution in [1.82, 2.24) is 9.80 Å². The highest BCUT2D eigenvalue weighted by molar-refractivity contribution is 5.74. The highest BCUT2D eigenvalue weighted by atomic mass is 19.4. The van der Waals surface area contributed by atoms with Gasteiger partial charge in [0.2, 0.25) is 0 Å². The molecule has 230 valence electrons. The van der Waals surface area contributed by atoms with Gasteiger partial charge >= 0.3 is 12.3 Å². The van der Waals surface area contributed by atoms with Gasteiger partial charge in [0.05, 0.1) is 18.3 Å². The number of aliphatic hydroxyl groups is 1. The van der Waals surface area contributed by atoms with E-state index in [9.17, 15) is 23.1 Å². The topological polar surface area (TPSA) is 71.5 Å². The summed E-state index contributed by atoms with van der Waals surface area (Å²) in [6.45, 7) is 7.84. The molecule has 1 aliphatic heterocycles. The molecule has 0 spiro atoms. The van der Waals surface area contributed by atoms with Gasteiger partial charge in [0.25, 0.3) is 0 Å². The van der Waals surface area contributed by atoms with Gasteiger partial charge in [-0.3, -0.25) is 0 Å². The van der Waals surface area contributed by atoms with Crippen molar-refractivity contribution >= 4 is 11.7 Å². The number of alkyl halides is 3. The summed E-state index contributed by atoms with van der Waals surface area (Å²) in [6, 6.07) is 10.3. The third-order valence-corrected chi connectivity index (χ3v) is 7.61. The fourth-order valence-electron chi connectivity index (χ4n) is 5.32. The molecule has 1 saturated carbocycles. The van der Waals surface area contributed by atoms with Crippen molar-refractivity contribution in [3.05, 3.63) is 65.4 Å². The Balaban J connectivity index is 1.52. The Morgan fingerprint density at radius 2 is 1.60 bits per heavy atom. The lowest BCUT2D eigenvalue weighted by atomic mass is 9.77. The van der Waals surface area contributed by atoms with E-state index in [1.165, 1.54) is 19.2 Å². The van der Waals surface area contributed by atoms with Crippen molar-refractivity contribution < 1.29 is 37.3 Å². The molecule has 1 heterocycles. The molecule has 1 saturated heterocycles. The van der Waals surface area contributed by atoms with Crippen LogP contribution >= 0.6 is 0 Å². The van der Waals surface area contributed by atoms with Crippen LogP contribution in [-0.4, -0.2) is 65.5 Å². The van der Waals surface area contributed by atoms with Crippen molar-refractivity contribution in [3.63, 3.8) is 0 Å². The van der Waals surface area contributed by atoms with E-state index < -0.39 is 22.9 Å². The minimum Gasteiger partial charge on any atom is -0.493 e. The molecule has 2 fully saturated rings. The number of rotatable bonds is 7. The molecule has 0 unspecified atom stereocenters. The zero-order valence-corrected chi connectivity index (χ0v) is 24.8. The quantitative estimate of drug-likeness (QED) is 0.379. The summed E-state index contributed by atoms with van der Waals surface area (Å²) in [5, 5.41) is 11.8. The zero-order valence-electron chi connectivity index (χ0n) is 24.8. The zero-order chi connectivity index (χ0) is 30.5. The molecule has 1 N–H and O–H groups in total. The van der Waals surface area contributed by atoms with E-state index in [-0.39, 0.29) is 12.7 Å². The predicted octanol–water partition coefficient (Wildman–Crippen LogP) is 6.88. The first-order chi connectivity index (χ1) is 19.8. The van der Waals surface area contributed by atoms with Gasteiger partial charge < -0.3 is 29.1 Å². The van der Waals surface area contributed by atoms with Gasteiger partial charge in [-0.1, -0.05) is 37.5 Å². The summed E-state index contributed by atoms with van der Waals surface area (Å²) >= 11 is 0. The molecular weight excluding hydrogens is 549 g/mol. The summed E-state index contributed by atoms with van der Waals surface area (Å²) < 4.78 is 55.7. The number of nitrogens with zero attached hydrogens (tertiary/aromatic N) is 2. The third kappa shape index (κ3) is 8.12. The SMILES string of the molecule is COc1cc(C(=CN2CCN(C(=O)OC(C)(C)C)CC2)C2(O)CCCCC2)ccc1OCc1ccc(C(F)(F)F)cc1. The molecule has 7 nitrogen and oxygen atoms in total. The predicted molar refractivity (Wildman–Crippen MR) is 154 cm³/mol. The van der Waals surface area contributed by atoms with Crippen LogP contribution in [0.25, 0.3) is 5.57 Å². The molecule has 0 aromatic heterocycles. The molecule has 0 bridgehead atoms. The first-order valence-electron chi connectivity index (χ1n) is 14.4. The average molecular weight is 591 g/mol. The van der Waals surface area contributed by atoms with Crippen LogP contribution in [0.1, 0.15) is 69.6 Å². The van der Waals surface area contributed by atoms with Crippen LogP contribution in [0.3, 0.4) is 0 Å². The van der Waals surface area contributed by atoms with Crippen LogP contribution in [0.15, 0.2) is 48.7 Å². The van der Waals surface area contributed by atoms with Crippen LogP contribution in [0.5, 0.6) is 11.5 Å². The van der Waals surface area contributed by atoms with Crippen LogP contribution in [-0.2, 0) is 17.5 Å². The van der Waals surface area contributed by atoms with Crippen molar-refractivity contribution in [1.29, 1.82) is 0 Å². The Labute approximate surface area is 245 Å². The lowest BCUT2D eigenvalue weighted by Crippen LogP contribution is -2.48. The lowest BCUT2D eigenvalue weighted by molar-refractivity contribution is -0.137. The maximum Gasteiger partial charge on any atom is 0.416 e. The maximum absolute atomic E-state index is 12.9. The smallest absolute Gasteiger partial charge is 0.416 e. The summed E-state index contributed by atoms with van der Waals surface area (Å²) in [6.07, 6.45) is 1.50. The van der Waals surface area contributed by atoms with Gasteiger partial charge in [0, 0.05) is 38.0 Å². The summed E-state index contributed by atoms with van der Waals surface area (Å²) in [5.74, 6) is 0.904. The van der Waals surface area contributed by atoms with Crippen LogP contribution in [0.4, 0.5) is 18.0 Å². The minimum atomic E-state index is -4.39. The van der Waals surface area contributed by atoms with E-state index in [1.54, 1.807) is 11.0 Å². The monoisotopic (exact) mass is 590 g/mol. The van der Waals surface area contributed by atoms with Crippen molar-refractivity contribution in [2.75, 3.05) is 33.3 Å². The Hall–Kier alpha value is -3.40. The van der Waals surface area contributed by atoms with Crippen molar-refractivity contribution in [3.8, 4) is 11.5 Å². The van der Waals surface area contributed by atoms with E-state index in [0.29, 0.717) is 56.1 Å². The van der Waals surface area contributed by atoms with Crippen LogP contribution < -0.4 is 9.47 Å². The molecule has 2 aromatic carbocycles. The Morgan fingerprint density at radius 3 is 2.17 bits per heavy atom. The second-order valence-corrected chi connectivity index (χ2v) is 12.0. The first kappa shape index (κ1) is 31.5. The first-order valence-corrected chi connectivity index (χ1v) is 14.4. The number of hydrogen-bond acceptors (Lipinski definition) is 6. The number of hydrogen-bond donors (Lipinski definition) is 1. The van der Waals surface area contributed by atoms with Gasteiger partial charge in [0.15, 0.2) is 11.5 Å². The summed E-state index contributed by atoms with van der Waals surface area (Å²) in [5.41, 5.74) is -0.0869. The number of carbonyl (C=O) groups is 1. The Morgan fingerprint density at radius 1 is 0.952 bits per heavy atom. The Kier molecular flexibility index (Phi) is 9.65. The Bertz CT molecular complexity index is 1240. The number of carbonyl (C=O) groups excluding carboxylic acids is 1. The summed E-state index contributed by atoms with van der Waals surface area (Å²) in [4.78, 5) is 16.4. The van der Waals surface area contributed by atoms with Crippen molar-refractivity contribution in [2.45, 2.75) is 76.9 Å². The van der Waals surface area contributed by atoms with E-state index >= 15 is 0 Å². The highest BCUT2D eigenvalue weighted by Crippen LogP contribution is 2.42. The lowest BCUT2D eigenvalue weighted by Gasteiger charge is -2.39. The van der Waals surface area contributed by atoms with Gasteiger partial charge in [-0.15, -0.1) is 0 Å². The van der Waals surface area contributed by atoms with E-state index in [4.69, 9.17) is 14.2 Å². The minimum absolute atomic E-state index is 0.0718. The molecule has 4 rings (SSSR count). The molecule has 0 radical (unpaired) electrons. The van der Waals surface area contributed by atoms with Gasteiger partial charge in [-0.05, 0) is 69.0 Å². The van der Waals surface area contributed by atoms with E-state index in [2.05, 4.69) is 4.90 Å². The molecular formula is C32H41F3N2O5. The average Bonchev–Trinajstić information content (AvgIpc) is 2.94. The molecule has 42 heavy (non-hydrogen) atoms. The molecule has 0 atom stereocenters. The maximum atomic E-state index is 12.9. The third-order valence-electron chi connectivity index (χ3n) is 7.61. The number of methoxy groups -OCH3 is 1. The number of benzene rings is 2. The summed E-state index contributed by atoms with van der Waals surface area (Å²) in [7, 11) is 1.53. The molecule has 10 heteroatoms. The number of piperazine rings is 1. The molecule has 1 aliphatic carbocycles. The van der Waals surface area contributed by atoms with Crippen LogP contribution in [0, 0.1) is 0 Å². The van der Waals surface area contributed by atoms with Gasteiger partial charge in [-0.2, -0.15) is 13.2 Å². The van der Waals surface area contributed by atoms with E-state index in [1.807, 2.05) is 39.1 Å². The normalized spacial score (nSPS) is 18.0. The van der Waals surface area contributed by atoms with Crippen LogP contribution in [0.2, 0.25) is 0 Å². The number of halogens is 3. The second kappa shape index (κ2) is 12.9. The second-order valence-electron chi connectivity index (χ2n) is 12.0. The van der Waals surface area contributed by atoms with Crippen molar-refractivity contribution in [2.24, 2.45) is 0 Å². The highest BCUT2D eigenvalue weighted by Gasteiger charge is 2.36. The molecule has 1 amide bonds. The molecule has 2 aliphatic rings. The van der Waals surface area contributed by atoms with E-state index in [0.717, 1.165) is 42.5 Å². The standard InChI is InChI=1S/C32H41F3N2O5/c1-30(2,3)42-29(38)37-18-16-36(17-19-37)21-26(31(39)14-6-5-7-15-31)24-10-13-27(28(20-24)40-4)41-22-23-8-11-25(12-9-23)32(33,34)35/h8-13,20-21,39H,5-7,14-19,22H2,1-4H3. The molecule has 2 aromatic rings. The number of amides is 1. The van der Waals surface area contributed by atoms with Gasteiger partial charge in [0.1, 0.15) is 12.2 Å².